The Morgan fingerprint density at radius 1 is 1.12 bits per heavy atom. The van der Waals surface area contributed by atoms with Crippen molar-refractivity contribution in [2.45, 2.75) is 37.8 Å². The van der Waals surface area contributed by atoms with Crippen molar-refractivity contribution in [3.63, 3.8) is 0 Å². The predicted octanol–water partition coefficient (Wildman–Crippen LogP) is 5.40. The average molecular weight is 447 g/mol. The molecule has 5 heteroatoms. The first-order chi connectivity index (χ1) is 15.7. The summed E-state index contributed by atoms with van der Waals surface area (Å²) in [5, 5.41) is 2.10. The highest BCUT2D eigenvalue weighted by molar-refractivity contribution is 7.13. The predicted molar refractivity (Wildman–Crippen MR) is 130 cm³/mol. The summed E-state index contributed by atoms with van der Waals surface area (Å²) in [4.78, 5) is 19.2. The molecule has 3 heterocycles. The zero-order valence-electron chi connectivity index (χ0n) is 18.6. The molecule has 2 aliphatic rings. The number of nitrogens with zero attached hydrogens (tertiary/aromatic N) is 2. The Morgan fingerprint density at radius 2 is 1.94 bits per heavy atom. The van der Waals surface area contributed by atoms with Gasteiger partial charge in [-0.1, -0.05) is 36.4 Å². The molecule has 0 aliphatic carbocycles. The lowest BCUT2D eigenvalue weighted by Gasteiger charge is -2.35. The number of hydrogen-bond acceptors (Lipinski definition) is 4. The highest BCUT2D eigenvalue weighted by Crippen LogP contribution is 2.34. The minimum absolute atomic E-state index is 0.0352. The Bertz CT molecular complexity index is 1040. The quantitative estimate of drug-likeness (QED) is 0.508. The van der Waals surface area contributed by atoms with Crippen molar-refractivity contribution < 1.29 is 9.53 Å². The van der Waals surface area contributed by atoms with Crippen molar-refractivity contribution in [2.75, 3.05) is 26.7 Å². The molecule has 32 heavy (non-hydrogen) atoms. The third-order valence-electron chi connectivity index (χ3n) is 6.72. The van der Waals surface area contributed by atoms with E-state index in [0.29, 0.717) is 0 Å². The van der Waals surface area contributed by atoms with E-state index in [-0.39, 0.29) is 11.9 Å². The van der Waals surface area contributed by atoms with Gasteiger partial charge in [0.1, 0.15) is 5.75 Å². The van der Waals surface area contributed by atoms with Gasteiger partial charge >= 0.3 is 0 Å². The number of amides is 1. The van der Waals surface area contributed by atoms with Crippen LogP contribution in [0.15, 0.2) is 66.0 Å². The number of ether oxygens (including phenoxy) is 1. The number of carbonyl (C=O) groups excluding carboxylic acids is 1. The zero-order valence-corrected chi connectivity index (χ0v) is 19.4. The summed E-state index contributed by atoms with van der Waals surface area (Å²) in [5.74, 6) is 0.921. The lowest BCUT2D eigenvalue weighted by molar-refractivity contribution is -0.140. The summed E-state index contributed by atoms with van der Waals surface area (Å²) in [7, 11) is 1.94. The molecule has 1 saturated heterocycles. The van der Waals surface area contributed by atoms with Crippen LogP contribution in [0.4, 0.5) is 0 Å². The number of likely N-dealkylation sites (N-methyl/N-ethyl adjacent to an activating group) is 1. The Kier molecular flexibility index (Phi) is 6.28. The van der Waals surface area contributed by atoms with Crippen molar-refractivity contribution in [1.29, 1.82) is 0 Å². The van der Waals surface area contributed by atoms with Crippen molar-refractivity contribution in [3.05, 3.63) is 77.2 Å². The van der Waals surface area contributed by atoms with Crippen LogP contribution in [0, 0.1) is 0 Å². The lowest BCUT2D eigenvalue weighted by atomic mass is 9.98. The largest absolute Gasteiger partial charge is 0.480 e. The normalized spacial score (nSPS) is 19.2. The fourth-order valence-corrected chi connectivity index (χ4v) is 5.60. The number of likely N-dealkylation sites (tertiary alicyclic amines) is 1. The molecule has 0 bridgehead atoms. The van der Waals surface area contributed by atoms with Crippen LogP contribution < -0.4 is 4.74 Å². The van der Waals surface area contributed by atoms with Gasteiger partial charge in [0, 0.05) is 18.5 Å². The molecule has 2 aromatic carbocycles. The Labute approximate surface area is 194 Å². The maximum absolute atomic E-state index is 13.5. The van der Waals surface area contributed by atoms with Crippen LogP contribution in [0.25, 0.3) is 10.4 Å². The fourth-order valence-electron chi connectivity index (χ4n) is 4.88. The van der Waals surface area contributed by atoms with Crippen LogP contribution in [0.5, 0.6) is 5.75 Å². The number of aryl methyl sites for hydroxylation is 1. The monoisotopic (exact) mass is 446 g/mol. The standard InChI is InChI=1S/C27H30N2O2S/c1-28(23(19-29-15-5-6-16-29)20-8-3-2-4-9-20)27(30)25-14-11-21-18-22(12-13-24(21)31-25)26-10-7-17-32-26/h2-4,7-10,12-13,17-18,23,25H,5-6,11,14-16,19H2,1H3/t23?,25-/m1/s1. The van der Waals surface area contributed by atoms with Gasteiger partial charge in [-0.3, -0.25) is 4.79 Å². The third kappa shape index (κ3) is 4.45. The lowest BCUT2D eigenvalue weighted by Crippen LogP contribution is -2.45. The van der Waals surface area contributed by atoms with Crippen molar-refractivity contribution >= 4 is 17.2 Å². The Morgan fingerprint density at radius 3 is 2.69 bits per heavy atom. The van der Waals surface area contributed by atoms with Gasteiger partial charge in [0.2, 0.25) is 0 Å². The van der Waals surface area contributed by atoms with E-state index < -0.39 is 6.10 Å². The first-order valence-electron chi connectivity index (χ1n) is 11.6. The molecule has 3 aromatic rings. The van der Waals surface area contributed by atoms with E-state index in [1.54, 1.807) is 11.3 Å². The van der Waals surface area contributed by atoms with Gasteiger partial charge in [-0.05, 0) is 85.1 Å². The van der Waals surface area contributed by atoms with E-state index in [1.165, 1.54) is 34.4 Å². The van der Waals surface area contributed by atoms with Crippen LogP contribution in [-0.4, -0.2) is 48.5 Å². The topological polar surface area (TPSA) is 32.8 Å². The van der Waals surface area contributed by atoms with Crippen molar-refractivity contribution in [3.8, 4) is 16.2 Å². The maximum atomic E-state index is 13.5. The second-order valence-electron chi connectivity index (χ2n) is 8.83. The molecule has 0 N–H and O–H groups in total. The first kappa shape index (κ1) is 21.2. The molecule has 1 amide bonds. The van der Waals surface area contributed by atoms with Crippen molar-refractivity contribution in [2.24, 2.45) is 0 Å². The molecule has 0 radical (unpaired) electrons. The van der Waals surface area contributed by atoms with Crippen LogP contribution in [-0.2, 0) is 11.2 Å². The molecule has 0 saturated carbocycles. The van der Waals surface area contributed by atoms with Crippen LogP contribution in [0.1, 0.15) is 36.4 Å². The smallest absolute Gasteiger partial charge is 0.263 e. The molecule has 1 unspecified atom stereocenters. The van der Waals surface area contributed by atoms with Gasteiger partial charge in [0.15, 0.2) is 6.10 Å². The minimum atomic E-state index is -0.426. The number of benzene rings is 2. The molecular formula is C27H30N2O2S. The highest BCUT2D eigenvalue weighted by Gasteiger charge is 2.33. The molecular weight excluding hydrogens is 416 g/mol. The van der Waals surface area contributed by atoms with E-state index >= 15 is 0 Å². The van der Waals surface area contributed by atoms with Crippen molar-refractivity contribution in [1.82, 2.24) is 9.80 Å². The van der Waals surface area contributed by atoms with Gasteiger partial charge in [0.05, 0.1) is 6.04 Å². The molecule has 166 valence electrons. The molecule has 5 rings (SSSR count). The molecule has 4 nitrogen and oxygen atoms in total. The second kappa shape index (κ2) is 9.47. The van der Waals surface area contributed by atoms with E-state index in [1.807, 2.05) is 24.1 Å². The molecule has 1 aromatic heterocycles. The minimum Gasteiger partial charge on any atom is -0.480 e. The summed E-state index contributed by atoms with van der Waals surface area (Å²) in [6.45, 7) is 3.11. The Balaban J connectivity index is 1.32. The molecule has 0 spiro atoms. The molecule has 2 aliphatic heterocycles. The fraction of sp³-hybridized carbons (Fsp3) is 0.370. The van der Waals surface area contributed by atoms with E-state index in [4.69, 9.17) is 4.74 Å². The number of fused-ring (bicyclic) bond motifs is 1. The Hall–Kier alpha value is -2.63. The molecule has 1 fully saturated rings. The number of carbonyl (C=O) groups is 1. The van der Waals surface area contributed by atoms with Gasteiger partial charge in [-0.25, -0.2) is 0 Å². The number of hydrogen-bond donors (Lipinski definition) is 0. The van der Waals surface area contributed by atoms with E-state index in [9.17, 15) is 4.79 Å². The summed E-state index contributed by atoms with van der Waals surface area (Å²) >= 11 is 1.74. The summed E-state index contributed by atoms with van der Waals surface area (Å²) in [6.07, 6.45) is 3.64. The van der Waals surface area contributed by atoms with Gasteiger partial charge < -0.3 is 14.5 Å². The summed E-state index contributed by atoms with van der Waals surface area (Å²) < 4.78 is 6.24. The van der Waals surface area contributed by atoms with Gasteiger partial charge in [0.25, 0.3) is 5.91 Å². The number of thiophene rings is 1. The highest BCUT2D eigenvalue weighted by atomic mass is 32.1. The number of rotatable bonds is 6. The average Bonchev–Trinajstić information content (AvgIpc) is 3.56. The van der Waals surface area contributed by atoms with Crippen LogP contribution in [0.2, 0.25) is 0 Å². The van der Waals surface area contributed by atoms with E-state index in [2.05, 4.69) is 58.8 Å². The van der Waals surface area contributed by atoms with Crippen LogP contribution in [0.3, 0.4) is 0 Å². The maximum Gasteiger partial charge on any atom is 0.263 e. The third-order valence-corrected chi connectivity index (χ3v) is 7.63. The summed E-state index contributed by atoms with van der Waals surface area (Å²) in [5.41, 5.74) is 3.60. The van der Waals surface area contributed by atoms with Gasteiger partial charge in [-0.2, -0.15) is 0 Å². The first-order valence-corrected chi connectivity index (χ1v) is 12.4. The second-order valence-corrected chi connectivity index (χ2v) is 9.78. The molecule has 2 atom stereocenters. The van der Waals surface area contributed by atoms with E-state index in [0.717, 1.165) is 38.2 Å². The van der Waals surface area contributed by atoms with Gasteiger partial charge in [-0.15, -0.1) is 11.3 Å². The van der Waals surface area contributed by atoms with Crippen LogP contribution >= 0.6 is 11.3 Å². The SMILES string of the molecule is CN(C(=O)[C@H]1CCc2cc(-c3cccs3)ccc2O1)C(CN1CCCC1)c1ccccc1. The zero-order chi connectivity index (χ0) is 21.9. The summed E-state index contributed by atoms with van der Waals surface area (Å²) in [6, 6.07) is 21.0.